The van der Waals surface area contributed by atoms with Crippen molar-refractivity contribution in [2.75, 3.05) is 25.5 Å². The number of aromatic nitrogens is 2. The highest BCUT2D eigenvalue weighted by molar-refractivity contribution is 5.98. The van der Waals surface area contributed by atoms with Crippen LogP contribution >= 0.6 is 0 Å². The predicted molar refractivity (Wildman–Crippen MR) is 170 cm³/mol. The smallest absolute Gasteiger partial charge is 0.408 e. The summed E-state index contributed by atoms with van der Waals surface area (Å²) < 4.78 is 12.7. The number of anilines is 1. The number of rotatable bonds is 13. The summed E-state index contributed by atoms with van der Waals surface area (Å²) in [4.78, 5) is 58.4. The zero-order valence-electron chi connectivity index (χ0n) is 27.0. The van der Waals surface area contributed by atoms with E-state index in [1.807, 2.05) is 67.6 Å². The van der Waals surface area contributed by atoms with Crippen molar-refractivity contribution < 1.29 is 28.7 Å². The van der Waals surface area contributed by atoms with E-state index in [0.29, 0.717) is 6.54 Å². The lowest BCUT2D eigenvalue weighted by molar-refractivity contribution is -0.132. The highest BCUT2D eigenvalue weighted by Gasteiger charge is 2.35. The van der Waals surface area contributed by atoms with Crippen LogP contribution in [0.3, 0.4) is 0 Å². The minimum atomic E-state index is -1.42. The molecule has 0 spiro atoms. The number of nitrogens with one attached hydrogen (secondary N) is 3. The van der Waals surface area contributed by atoms with Gasteiger partial charge in [-0.1, -0.05) is 60.7 Å². The number of amides is 4. The molecular formula is C33H44N6O6. The fourth-order valence-electron chi connectivity index (χ4n) is 4.20. The van der Waals surface area contributed by atoms with Gasteiger partial charge in [0, 0.05) is 19.8 Å². The maximum Gasteiger partial charge on any atom is 0.408 e. The Kier molecular flexibility index (Phi) is 11.9. The number of alkyl carbamates (subject to hydrolysis) is 1. The maximum absolute atomic E-state index is 13.5. The van der Waals surface area contributed by atoms with E-state index in [2.05, 4.69) is 20.9 Å². The van der Waals surface area contributed by atoms with Gasteiger partial charge in [0.05, 0.1) is 19.5 Å². The van der Waals surface area contributed by atoms with Gasteiger partial charge in [0.2, 0.25) is 11.8 Å². The van der Waals surface area contributed by atoms with Crippen LogP contribution in [0.15, 0.2) is 73.2 Å². The summed E-state index contributed by atoms with van der Waals surface area (Å²) in [5, 5.41) is 7.96. The third-order valence-corrected chi connectivity index (χ3v) is 6.75. The van der Waals surface area contributed by atoms with Gasteiger partial charge in [-0.05, 0) is 52.7 Å². The minimum absolute atomic E-state index is 0.141. The lowest BCUT2D eigenvalue weighted by atomic mass is 10.0. The summed E-state index contributed by atoms with van der Waals surface area (Å²) in [5.41, 5.74) is -0.528. The molecule has 3 N–H and O–H groups in total. The van der Waals surface area contributed by atoms with Crippen molar-refractivity contribution >= 4 is 29.6 Å². The fraction of sp³-hybridized carbons (Fsp3) is 0.424. The average Bonchev–Trinajstić information content (AvgIpc) is 3.43. The maximum atomic E-state index is 13.5. The van der Waals surface area contributed by atoms with Crippen LogP contribution < -0.4 is 16.0 Å². The Bertz CT molecular complexity index is 1430. The Labute approximate surface area is 264 Å². The number of hydrogen-bond acceptors (Lipinski definition) is 7. The summed E-state index contributed by atoms with van der Waals surface area (Å²) in [5.74, 6) is -1.18. The van der Waals surface area contributed by atoms with Crippen LogP contribution in [0.1, 0.15) is 58.7 Å². The van der Waals surface area contributed by atoms with Crippen molar-refractivity contribution in [1.29, 1.82) is 0 Å². The summed E-state index contributed by atoms with van der Waals surface area (Å²) in [6.45, 7) is 10.6. The highest BCUT2D eigenvalue weighted by atomic mass is 16.6. The third kappa shape index (κ3) is 10.5. The van der Waals surface area contributed by atoms with Crippen molar-refractivity contribution in [3.05, 3.63) is 84.3 Å². The van der Waals surface area contributed by atoms with E-state index in [1.165, 1.54) is 20.2 Å². The van der Waals surface area contributed by atoms with Crippen molar-refractivity contribution in [1.82, 2.24) is 25.1 Å². The van der Waals surface area contributed by atoms with Crippen LogP contribution in [0.5, 0.6) is 0 Å². The van der Waals surface area contributed by atoms with Crippen molar-refractivity contribution in [3.63, 3.8) is 0 Å². The SMILES string of the molecule is CCN(C)C(=O)C(c1ccccc1)n1cnc(NC(=O)[C@@H](COCc2ccccc2)NC(=O)C(C)(C)NC(=O)OC(C)(C)C)c1. The fourth-order valence-corrected chi connectivity index (χ4v) is 4.20. The lowest BCUT2D eigenvalue weighted by Gasteiger charge is -2.29. The molecule has 0 bridgehead atoms. The quantitative estimate of drug-likeness (QED) is 0.263. The molecule has 2 atom stereocenters. The number of ether oxygens (including phenoxy) is 2. The van der Waals surface area contributed by atoms with Gasteiger partial charge in [0.1, 0.15) is 23.2 Å². The number of imidazole rings is 1. The number of carbonyl (C=O) groups is 4. The van der Waals surface area contributed by atoms with Gasteiger partial charge in [0.15, 0.2) is 5.82 Å². The number of likely N-dealkylation sites (N-methyl/N-ethyl adjacent to an activating group) is 1. The van der Waals surface area contributed by atoms with Crippen LogP contribution in [0, 0.1) is 0 Å². The summed E-state index contributed by atoms with van der Waals surface area (Å²) >= 11 is 0. The number of nitrogens with zero attached hydrogens (tertiary/aromatic N) is 3. The molecule has 0 aliphatic rings. The molecule has 45 heavy (non-hydrogen) atoms. The molecule has 12 nitrogen and oxygen atoms in total. The second-order valence-electron chi connectivity index (χ2n) is 12.1. The molecule has 242 valence electrons. The van der Waals surface area contributed by atoms with Crippen molar-refractivity contribution in [2.24, 2.45) is 0 Å². The molecule has 0 saturated carbocycles. The van der Waals surface area contributed by atoms with Gasteiger partial charge in [0.25, 0.3) is 5.91 Å². The Morgan fingerprint density at radius 2 is 1.58 bits per heavy atom. The molecule has 1 unspecified atom stereocenters. The Morgan fingerprint density at radius 3 is 2.18 bits per heavy atom. The molecule has 3 rings (SSSR count). The largest absolute Gasteiger partial charge is 0.444 e. The lowest BCUT2D eigenvalue weighted by Crippen LogP contribution is -2.59. The average molecular weight is 621 g/mol. The molecule has 1 aromatic heterocycles. The molecule has 3 aromatic rings. The van der Waals surface area contributed by atoms with Crippen LogP contribution in [-0.2, 0) is 30.5 Å². The van der Waals surface area contributed by atoms with Crippen LogP contribution in [0.2, 0.25) is 0 Å². The summed E-state index contributed by atoms with van der Waals surface area (Å²) in [6.07, 6.45) is 2.27. The first-order valence-corrected chi connectivity index (χ1v) is 14.8. The molecular weight excluding hydrogens is 576 g/mol. The highest BCUT2D eigenvalue weighted by Crippen LogP contribution is 2.22. The monoisotopic (exact) mass is 620 g/mol. The van der Waals surface area contributed by atoms with Crippen molar-refractivity contribution in [2.45, 2.75) is 71.4 Å². The van der Waals surface area contributed by atoms with E-state index >= 15 is 0 Å². The molecule has 0 fully saturated rings. The van der Waals surface area contributed by atoms with Gasteiger partial charge < -0.3 is 34.9 Å². The molecule has 0 saturated heterocycles. The van der Waals surface area contributed by atoms with Crippen LogP contribution in [0.25, 0.3) is 0 Å². The van der Waals surface area contributed by atoms with E-state index in [-0.39, 0.29) is 24.9 Å². The molecule has 0 radical (unpaired) electrons. The Hall–Kier alpha value is -4.71. The third-order valence-electron chi connectivity index (χ3n) is 6.75. The first-order valence-electron chi connectivity index (χ1n) is 14.8. The number of benzene rings is 2. The Balaban J connectivity index is 1.79. The zero-order valence-corrected chi connectivity index (χ0v) is 27.0. The topological polar surface area (TPSA) is 144 Å². The van der Waals surface area contributed by atoms with Gasteiger partial charge in [-0.3, -0.25) is 14.4 Å². The van der Waals surface area contributed by atoms with Gasteiger partial charge >= 0.3 is 6.09 Å². The first kappa shape index (κ1) is 34.8. The molecule has 0 aliphatic carbocycles. The summed E-state index contributed by atoms with van der Waals surface area (Å²) in [6, 6.07) is 16.8. The van der Waals surface area contributed by atoms with E-state index in [0.717, 1.165) is 11.1 Å². The molecule has 12 heteroatoms. The van der Waals surface area contributed by atoms with E-state index in [1.54, 1.807) is 43.5 Å². The van der Waals surface area contributed by atoms with Crippen molar-refractivity contribution in [3.8, 4) is 0 Å². The molecule has 0 aliphatic heterocycles. The normalized spacial score (nSPS) is 12.9. The first-order chi connectivity index (χ1) is 21.2. The van der Waals surface area contributed by atoms with Gasteiger partial charge in [-0.15, -0.1) is 0 Å². The van der Waals surface area contributed by atoms with E-state index in [4.69, 9.17) is 9.47 Å². The second kappa shape index (κ2) is 15.3. The molecule has 4 amide bonds. The second-order valence-corrected chi connectivity index (χ2v) is 12.1. The summed E-state index contributed by atoms with van der Waals surface area (Å²) in [7, 11) is 1.72. The van der Waals surface area contributed by atoms with Gasteiger partial charge in [-0.25, -0.2) is 9.78 Å². The van der Waals surface area contributed by atoms with E-state index < -0.39 is 41.1 Å². The standard InChI is InChI=1S/C33H44N6O6/c1-8-38(7)29(41)27(24-17-13-10-14-18-24)39-19-26(34-22-39)36-28(40)25(21-44-20-23-15-11-9-12-16-23)35-30(42)33(5,6)37-31(43)45-32(2,3)4/h9-19,22,25,27H,8,20-21H2,1-7H3,(H,35,42)(H,36,40)(H,37,43)/t25-,27?/m1/s1. The molecule has 1 heterocycles. The van der Waals surface area contributed by atoms with Gasteiger partial charge in [-0.2, -0.15) is 0 Å². The number of carbonyl (C=O) groups excluding carboxylic acids is 4. The zero-order chi connectivity index (χ0) is 33.2. The van der Waals surface area contributed by atoms with Crippen LogP contribution in [0.4, 0.5) is 10.6 Å². The molecule has 2 aromatic carbocycles. The minimum Gasteiger partial charge on any atom is -0.444 e. The van der Waals surface area contributed by atoms with Crippen LogP contribution in [-0.4, -0.2) is 75.6 Å². The Morgan fingerprint density at radius 1 is 0.956 bits per heavy atom. The predicted octanol–water partition coefficient (Wildman–Crippen LogP) is 3.89. The van der Waals surface area contributed by atoms with E-state index in [9.17, 15) is 19.2 Å². The number of hydrogen-bond donors (Lipinski definition) is 3.